The highest BCUT2D eigenvalue weighted by molar-refractivity contribution is 5.63. The molecule has 0 saturated carbocycles. The molecule has 2 nitrogen and oxygen atoms in total. The molecule has 2 aromatic carbocycles. The van der Waals surface area contributed by atoms with Crippen molar-refractivity contribution in [1.29, 1.82) is 0 Å². The third-order valence-corrected chi connectivity index (χ3v) is 4.79. The first-order valence-electron chi connectivity index (χ1n) is 9.41. The average Bonchev–Trinajstić information content (AvgIpc) is 2.66. The fourth-order valence-electron chi connectivity index (χ4n) is 3.20. The van der Waals surface area contributed by atoms with Crippen LogP contribution in [0.4, 0.5) is 0 Å². The van der Waals surface area contributed by atoms with Crippen LogP contribution in [0.25, 0.3) is 11.1 Å². The maximum Gasteiger partial charge on any atom is 0.0935 e. The summed E-state index contributed by atoms with van der Waals surface area (Å²) in [6.07, 6.45) is 7.56. The Balaban J connectivity index is 1.55. The third kappa shape index (κ3) is 4.93. The molecule has 0 bridgehead atoms. The Labute approximate surface area is 146 Å². The van der Waals surface area contributed by atoms with Crippen molar-refractivity contribution >= 4 is 0 Å². The van der Waals surface area contributed by atoms with E-state index in [9.17, 15) is 0 Å². The van der Waals surface area contributed by atoms with Gasteiger partial charge in [-0.1, -0.05) is 68.3 Å². The van der Waals surface area contributed by atoms with Gasteiger partial charge in [0.05, 0.1) is 6.61 Å². The quantitative estimate of drug-likeness (QED) is 0.656. The fourth-order valence-corrected chi connectivity index (χ4v) is 3.20. The molecular weight excluding hydrogens is 294 g/mol. The van der Waals surface area contributed by atoms with Crippen LogP contribution in [-0.4, -0.2) is 18.2 Å². The van der Waals surface area contributed by atoms with Gasteiger partial charge in [-0.25, -0.2) is 0 Å². The SMILES string of the molecule is CCCCc1ccc(-c2ccc(CON3CCCCC3)cc2)cc1. The van der Waals surface area contributed by atoms with Crippen molar-refractivity contribution in [2.75, 3.05) is 13.1 Å². The highest BCUT2D eigenvalue weighted by atomic mass is 16.7. The summed E-state index contributed by atoms with van der Waals surface area (Å²) in [7, 11) is 0. The van der Waals surface area contributed by atoms with Gasteiger partial charge in [-0.3, -0.25) is 4.84 Å². The Morgan fingerprint density at radius 2 is 1.38 bits per heavy atom. The second-order valence-corrected chi connectivity index (χ2v) is 6.76. The highest BCUT2D eigenvalue weighted by Crippen LogP contribution is 2.21. The fraction of sp³-hybridized carbons (Fsp3) is 0.455. The van der Waals surface area contributed by atoms with Crippen molar-refractivity contribution in [2.24, 2.45) is 0 Å². The van der Waals surface area contributed by atoms with Crippen molar-refractivity contribution in [1.82, 2.24) is 5.06 Å². The molecule has 3 rings (SSSR count). The van der Waals surface area contributed by atoms with Crippen molar-refractivity contribution in [3.8, 4) is 11.1 Å². The second-order valence-electron chi connectivity index (χ2n) is 6.76. The third-order valence-electron chi connectivity index (χ3n) is 4.79. The zero-order chi connectivity index (χ0) is 16.6. The summed E-state index contributed by atoms with van der Waals surface area (Å²) in [4.78, 5) is 5.90. The van der Waals surface area contributed by atoms with Crippen LogP contribution in [0.2, 0.25) is 0 Å². The van der Waals surface area contributed by atoms with Crippen LogP contribution in [0.1, 0.15) is 50.2 Å². The van der Waals surface area contributed by atoms with Gasteiger partial charge in [0.15, 0.2) is 0 Å². The minimum absolute atomic E-state index is 0.677. The van der Waals surface area contributed by atoms with Crippen LogP contribution in [-0.2, 0) is 17.9 Å². The lowest BCUT2D eigenvalue weighted by atomic mass is 10.0. The summed E-state index contributed by atoms with van der Waals surface area (Å²) >= 11 is 0. The Morgan fingerprint density at radius 1 is 0.792 bits per heavy atom. The van der Waals surface area contributed by atoms with Gasteiger partial charge >= 0.3 is 0 Å². The Morgan fingerprint density at radius 3 is 1.96 bits per heavy atom. The van der Waals surface area contributed by atoms with Crippen LogP contribution in [0, 0.1) is 0 Å². The molecule has 1 fully saturated rings. The number of unbranched alkanes of at least 4 members (excludes halogenated alkanes) is 1. The lowest BCUT2D eigenvalue weighted by molar-refractivity contribution is -0.178. The van der Waals surface area contributed by atoms with Crippen LogP contribution in [0.15, 0.2) is 48.5 Å². The van der Waals surface area contributed by atoms with E-state index in [4.69, 9.17) is 4.84 Å². The molecule has 0 atom stereocenters. The van der Waals surface area contributed by atoms with Crippen LogP contribution >= 0.6 is 0 Å². The van der Waals surface area contributed by atoms with E-state index in [1.165, 1.54) is 60.8 Å². The summed E-state index contributed by atoms with van der Waals surface area (Å²) in [5.74, 6) is 0. The van der Waals surface area contributed by atoms with E-state index in [0.717, 1.165) is 13.1 Å². The standard InChI is InChI=1S/C22H29NO/c1-2-3-7-19-8-12-21(13-9-19)22-14-10-20(11-15-22)18-24-23-16-5-4-6-17-23/h8-15H,2-7,16-18H2,1H3. The predicted octanol–water partition coefficient (Wildman–Crippen LogP) is 5.61. The number of hydrogen-bond donors (Lipinski definition) is 0. The smallest absolute Gasteiger partial charge is 0.0935 e. The lowest BCUT2D eigenvalue weighted by Gasteiger charge is -2.25. The number of hydrogen-bond acceptors (Lipinski definition) is 2. The first-order valence-corrected chi connectivity index (χ1v) is 9.41. The molecule has 1 heterocycles. The van der Waals surface area contributed by atoms with Gasteiger partial charge in [-0.15, -0.1) is 0 Å². The van der Waals surface area contributed by atoms with Gasteiger partial charge in [-0.05, 0) is 47.9 Å². The van der Waals surface area contributed by atoms with Gasteiger partial charge < -0.3 is 0 Å². The molecule has 0 amide bonds. The number of piperidine rings is 1. The molecule has 1 aliphatic rings. The van der Waals surface area contributed by atoms with Gasteiger partial charge in [-0.2, -0.15) is 5.06 Å². The second kappa shape index (κ2) is 9.00. The maximum atomic E-state index is 5.90. The normalized spacial score (nSPS) is 15.5. The van der Waals surface area contributed by atoms with Gasteiger partial charge in [0.1, 0.15) is 0 Å². The van der Waals surface area contributed by atoms with Crippen LogP contribution < -0.4 is 0 Å². The van der Waals surface area contributed by atoms with Gasteiger partial charge in [0.25, 0.3) is 0 Å². The molecule has 1 saturated heterocycles. The Kier molecular flexibility index (Phi) is 6.45. The number of nitrogens with zero attached hydrogens (tertiary/aromatic N) is 1. The molecule has 2 heteroatoms. The van der Waals surface area contributed by atoms with E-state index in [1.807, 2.05) is 0 Å². The number of aryl methyl sites for hydroxylation is 1. The molecule has 0 radical (unpaired) electrons. The Hall–Kier alpha value is -1.64. The van der Waals surface area contributed by atoms with E-state index >= 15 is 0 Å². The molecule has 24 heavy (non-hydrogen) atoms. The minimum atomic E-state index is 0.677. The molecule has 1 aliphatic heterocycles. The lowest BCUT2D eigenvalue weighted by Crippen LogP contribution is -2.29. The van der Waals surface area contributed by atoms with Crippen LogP contribution in [0.3, 0.4) is 0 Å². The van der Waals surface area contributed by atoms with E-state index in [-0.39, 0.29) is 0 Å². The molecule has 0 unspecified atom stereocenters. The van der Waals surface area contributed by atoms with Crippen LogP contribution in [0.5, 0.6) is 0 Å². The van der Waals surface area contributed by atoms with Crippen molar-refractivity contribution in [3.63, 3.8) is 0 Å². The topological polar surface area (TPSA) is 12.5 Å². The number of hydroxylamine groups is 2. The van der Waals surface area contributed by atoms with Crippen molar-refractivity contribution in [3.05, 3.63) is 59.7 Å². The van der Waals surface area contributed by atoms with E-state index < -0.39 is 0 Å². The predicted molar refractivity (Wildman–Crippen MR) is 101 cm³/mol. The first-order chi connectivity index (χ1) is 11.8. The van der Waals surface area contributed by atoms with E-state index in [2.05, 4.69) is 60.5 Å². The summed E-state index contributed by atoms with van der Waals surface area (Å²) in [5, 5.41) is 2.12. The molecule has 128 valence electrons. The van der Waals surface area contributed by atoms with Gasteiger partial charge in [0, 0.05) is 13.1 Å². The highest BCUT2D eigenvalue weighted by Gasteiger charge is 2.10. The summed E-state index contributed by atoms with van der Waals surface area (Å²) in [6, 6.07) is 17.8. The Bertz CT molecular complexity index is 597. The average molecular weight is 323 g/mol. The summed E-state index contributed by atoms with van der Waals surface area (Å²) in [5.41, 5.74) is 5.24. The molecule has 0 aromatic heterocycles. The monoisotopic (exact) mass is 323 g/mol. The van der Waals surface area contributed by atoms with Crippen molar-refractivity contribution < 1.29 is 4.84 Å². The summed E-state index contributed by atoms with van der Waals surface area (Å²) < 4.78 is 0. The molecular formula is C22H29NO. The first kappa shape index (κ1) is 17.2. The minimum Gasteiger partial charge on any atom is -0.294 e. The zero-order valence-corrected chi connectivity index (χ0v) is 14.8. The molecule has 0 spiro atoms. The van der Waals surface area contributed by atoms with E-state index in [0.29, 0.717) is 6.61 Å². The molecule has 2 aromatic rings. The van der Waals surface area contributed by atoms with Crippen molar-refractivity contribution in [2.45, 2.75) is 52.1 Å². The molecule has 0 N–H and O–H groups in total. The number of rotatable bonds is 7. The molecule has 0 aliphatic carbocycles. The van der Waals surface area contributed by atoms with E-state index in [1.54, 1.807) is 0 Å². The summed E-state index contributed by atoms with van der Waals surface area (Å²) in [6.45, 7) is 5.06. The largest absolute Gasteiger partial charge is 0.294 e. The number of benzene rings is 2. The zero-order valence-electron chi connectivity index (χ0n) is 14.8. The van der Waals surface area contributed by atoms with Gasteiger partial charge in [0.2, 0.25) is 0 Å². The maximum absolute atomic E-state index is 5.90.